The predicted molar refractivity (Wildman–Crippen MR) is 85.4 cm³/mol. The highest BCUT2D eigenvalue weighted by atomic mass is 32.2. The van der Waals surface area contributed by atoms with E-state index >= 15 is 0 Å². The van der Waals surface area contributed by atoms with Crippen LogP contribution in [0.2, 0.25) is 0 Å². The molecule has 1 fully saturated rings. The molecule has 0 radical (unpaired) electrons. The van der Waals surface area contributed by atoms with Crippen molar-refractivity contribution in [2.45, 2.75) is 18.9 Å². The summed E-state index contributed by atoms with van der Waals surface area (Å²) in [5, 5.41) is 0. The Morgan fingerprint density at radius 1 is 1.23 bits per heavy atom. The number of fused-ring (bicyclic) bond motifs is 3. The molecule has 5 nitrogen and oxygen atoms in total. The number of hydrogen-bond acceptors (Lipinski definition) is 4. The van der Waals surface area contributed by atoms with E-state index in [2.05, 4.69) is 23.1 Å². The van der Waals surface area contributed by atoms with Crippen LogP contribution in [-0.4, -0.2) is 62.3 Å². The molecule has 0 aliphatic carbocycles. The lowest BCUT2D eigenvalue weighted by Gasteiger charge is -2.45. The first-order valence-corrected chi connectivity index (χ1v) is 9.77. The standard InChI is InChI=1S/C16H22N2O3S/c1-22(20,21)11-7-16(19)18-10-9-17-8-6-13-4-2-3-5-14(13)15(17)12-18/h2-5,15H,6-12H2,1H3. The van der Waals surface area contributed by atoms with Gasteiger partial charge in [0.2, 0.25) is 5.91 Å². The molecule has 0 spiro atoms. The van der Waals surface area contributed by atoms with Gasteiger partial charge in [-0.1, -0.05) is 24.3 Å². The monoisotopic (exact) mass is 322 g/mol. The van der Waals surface area contributed by atoms with Crippen molar-refractivity contribution < 1.29 is 13.2 Å². The highest BCUT2D eigenvalue weighted by molar-refractivity contribution is 7.90. The number of nitrogens with zero attached hydrogens (tertiary/aromatic N) is 2. The van der Waals surface area contributed by atoms with Crippen molar-refractivity contribution in [2.24, 2.45) is 0 Å². The number of amides is 1. The van der Waals surface area contributed by atoms with Gasteiger partial charge >= 0.3 is 0 Å². The van der Waals surface area contributed by atoms with Gasteiger partial charge in [-0.3, -0.25) is 9.69 Å². The summed E-state index contributed by atoms with van der Waals surface area (Å²) in [6.07, 6.45) is 2.33. The summed E-state index contributed by atoms with van der Waals surface area (Å²) < 4.78 is 22.5. The lowest BCUT2D eigenvalue weighted by atomic mass is 9.91. The van der Waals surface area contributed by atoms with Crippen LogP contribution in [-0.2, 0) is 21.1 Å². The first-order chi connectivity index (χ1) is 10.4. The molecule has 1 atom stereocenters. The van der Waals surface area contributed by atoms with Crippen LogP contribution in [0.1, 0.15) is 23.6 Å². The minimum Gasteiger partial charge on any atom is -0.339 e. The molecule has 22 heavy (non-hydrogen) atoms. The Morgan fingerprint density at radius 3 is 2.77 bits per heavy atom. The topological polar surface area (TPSA) is 57.7 Å². The minimum absolute atomic E-state index is 0.0480. The molecule has 1 aromatic rings. The maximum atomic E-state index is 12.3. The van der Waals surface area contributed by atoms with E-state index in [1.54, 1.807) is 0 Å². The van der Waals surface area contributed by atoms with Gasteiger partial charge in [-0.15, -0.1) is 0 Å². The number of rotatable bonds is 3. The lowest BCUT2D eigenvalue weighted by Crippen LogP contribution is -2.52. The SMILES string of the molecule is CS(=O)(=O)CCC(=O)N1CCN2CCc3ccccc3C2C1. The summed E-state index contributed by atoms with van der Waals surface area (Å²) in [7, 11) is -3.09. The molecule has 120 valence electrons. The molecule has 0 aromatic heterocycles. The van der Waals surface area contributed by atoms with Gasteiger partial charge in [-0.2, -0.15) is 0 Å². The molecule has 2 aliphatic heterocycles. The van der Waals surface area contributed by atoms with Crippen LogP contribution in [0.5, 0.6) is 0 Å². The van der Waals surface area contributed by atoms with Crippen molar-refractivity contribution >= 4 is 15.7 Å². The fourth-order valence-corrected chi connectivity index (χ4v) is 3.94. The normalized spacial score (nSPS) is 22.0. The summed E-state index contributed by atoms with van der Waals surface area (Å²) >= 11 is 0. The molecule has 1 aromatic carbocycles. The average molecular weight is 322 g/mol. The van der Waals surface area contributed by atoms with Crippen LogP contribution < -0.4 is 0 Å². The Bertz CT molecular complexity index is 672. The largest absolute Gasteiger partial charge is 0.339 e. The number of sulfone groups is 1. The van der Waals surface area contributed by atoms with E-state index in [-0.39, 0.29) is 24.1 Å². The van der Waals surface area contributed by atoms with Gasteiger partial charge in [-0.05, 0) is 17.5 Å². The fraction of sp³-hybridized carbons (Fsp3) is 0.562. The average Bonchev–Trinajstić information content (AvgIpc) is 2.51. The van der Waals surface area contributed by atoms with E-state index in [9.17, 15) is 13.2 Å². The molecule has 0 saturated carbocycles. The Kier molecular flexibility index (Phi) is 4.23. The van der Waals surface area contributed by atoms with Gasteiger partial charge in [-0.25, -0.2) is 8.42 Å². The van der Waals surface area contributed by atoms with Crippen LogP contribution >= 0.6 is 0 Å². The number of carbonyl (C=O) groups is 1. The Hall–Kier alpha value is -1.40. The molecule has 1 unspecified atom stereocenters. The van der Waals surface area contributed by atoms with Crippen molar-refractivity contribution in [3.05, 3.63) is 35.4 Å². The molecule has 1 amide bonds. The highest BCUT2D eigenvalue weighted by Crippen LogP contribution is 2.32. The van der Waals surface area contributed by atoms with Gasteiger partial charge in [0.1, 0.15) is 9.84 Å². The van der Waals surface area contributed by atoms with E-state index in [1.165, 1.54) is 17.4 Å². The summed E-state index contributed by atoms with van der Waals surface area (Å²) in [6.45, 7) is 3.26. The Labute approximate surface area is 131 Å². The van der Waals surface area contributed by atoms with Crippen LogP contribution in [0.4, 0.5) is 0 Å². The molecular formula is C16H22N2O3S. The Balaban J connectivity index is 1.71. The summed E-state index contributed by atoms with van der Waals surface area (Å²) in [5.74, 6) is -0.110. The molecule has 2 heterocycles. The van der Waals surface area contributed by atoms with Gasteiger partial charge in [0, 0.05) is 38.9 Å². The van der Waals surface area contributed by atoms with E-state index in [0.717, 1.165) is 19.5 Å². The van der Waals surface area contributed by atoms with Gasteiger partial charge in [0.25, 0.3) is 0 Å². The maximum Gasteiger partial charge on any atom is 0.223 e. The first-order valence-electron chi connectivity index (χ1n) is 7.71. The van der Waals surface area contributed by atoms with Crippen molar-refractivity contribution in [3.63, 3.8) is 0 Å². The zero-order valence-electron chi connectivity index (χ0n) is 12.9. The van der Waals surface area contributed by atoms with E-state index < -0.39 is 9.84 Å². The van der Waals surface area contributed by atoms with Gasteiger partial charge in [0.05, 0.1) is 11.8 Å². The Morgan fingerprint density at radius 2 is 2.00 bits per heavy atom. The smallest absolute Gasteiger partial charge is 0.223 e. The zero-order valence-corrected chi connectivity index (χ0v) is 13.7. The summed E-state index contributed by atoms with van der Waals surface area (Å²) in [5.41, 5.74) is 2.68. The quantitative estimate of drug-likeness (QED) is 0.828. The highest BCUT2D eigenvalue weighted by Gasteiger charge is 2.33. The molecule has 0 bridgehead atoms. The van der Waals surface area contributed by atoms with Crippen LogP contribution in [0.3, 0.4) is 0 Å². The second-order valence-electron chi connectivity index (χ2n) is 6.22. The van der Waals surface area contributed by atoms with Crippen LogP contribution in [0.25, 0.3) is 0 Å². The summed E-state index contributed by atoms with van der Waals surface area (Å²) in [4.78, 5) is 16.5. The third-order valence-electron chi connectivity index (χ3n) is 4.61. The number of piperazine rings is 1. The van der Waals surface area contributed by atoms with Crippen molar-refractivity contribution in [1.29, 1.82) is 0 Å². The molecule has 3 rings (SSSR count). The maximum absolute atomic E-state index is 12.3. The van der Waals surface area contributed by atoms with Crippen molar-refractivity contribution in [1.82, 2.24) is 9.80 Å². The third kappa shape index (κ3) is 3.33. The molecule has 1 saturated heterocycles. The van der Waals surface area contributed by atoms with Crippen molar-refractivity contribution in [3.8, 4) is 0 Å². The predicted octanol–water partition coefficient (Wildman–Crippen LogP) is 0.863. The molecule has 0 N–H and O–H groups in total. The van der Waals surface area contributed by atoms with Gasteiger partial charge < -0.3 is 4.90 Å². The molecular weight excluding hydrogens is 300 g/mol. The summed E-state index contributed by atoms with van der Waals surface area (Å²) in [6, 6.07) is 8.67. The molecule has 2 aliphatic rings. The van der Waals surface area contributed by atoms with E-state index in [0.29, 0.717) is 13.1 Å². The second kappa shape index (κ2) is 6.01. The lowest BCUT2D eigenvalue weighted by molar-refractivity contribution is -0.134. The number of hydrogen-bond donors (Lipinski definition) is 0. The zero-order chi connectivity index (χ0) is 15.7. The van der Waals surface area contributed by atoms with E-state index in [1.807, 2.05) is 11.0 Å². The fourth-order valence-electron chi connectivity index (χ4n) is 3.39. The van der Waals surface area contributed by atoms with Crippen molar-refractivity contribution in [2.75, 3.05) is 38.2 Å². The first kappa shape index (κ1) is 15.5. The minimum atomic E-state index is -3.09. The number of benzene rings is 1. The second-order valence-corrected chi connectivity index (χ2v) is 8.48. The number of carbonyl (C=O) groups excluding carboxylic acids is 1. The molecule has 6 heteroatoms. The van der Waals surface area contributed by atoms with Gasteiger partial charge in [0.15, 0.2) is 0 Å². The van der Waals surface area contributed by atoms with Crippen LogP contribution in [0, 0.1) is 0 Å². The van der Waals surface area contributed by atoms with Crippen LogP contribution in [0.15, 0.2) is 24.3 Å². The third-order valence-corrected chi connectivity index (χ3v) is 5.56. The van der Waals surface area contributed by atoms with E-state index in [4.69, 9.17) is 0 Å².